The van der Waals surface area contributed by atoms with Crippen LogP contribution in [0.3, 0.4) is 0 Å². The molecule has 0 aromatic heterocycles. The lowest BCUT2D eigenvalue weighted by atomic mass is 10.0. The summed E-state index contributed by atoms with van der Waals surface area (Å²) in [5, 5.41) is 0.757. The molecule has 0 aliphatic carbocycles. The molecule has 100 valence electrons. The minimum absolute atomic E-state index is 0.0522. The minimum atomic E-state index is -0.440. The van der Waals surface area contributed by atoms with Crippen LogP contribution in [0.4, 0.5) is 0 Å². The van der Waals surface area contributed by atoms with Crippen LogP contribution >= 0.6 is 11.6 Å². The molecule has 1 aromatic carbocycles. The molecular weight excluding hydrogens is 248 g/mol. The SMILES string of the molecule is CC[C@@H]1OC(CC)(CC)O[C@H]1c1ccccc1Cl. The predicted molar refractivity (Wildman–Crippen MR) is 73.8 cm³/mol. The molecule has 1 saturated heterocycles. The fourth-order valence-electron chi connectivity index (χ4n) is 2.52. The van der Waals surface area contributed by atoms with E-state index in [4.69, 9.17) is 21.1 Å². The number of hydrogen-bond acceptors (Lipinski definition) is 2. The van der Waals surface area contributed by atoms with Crippen molar-refractivity contribution < 1.29 is 9.47 Å². The summed E-state index contributed by atoms with van der Waals surface area (Å²) in [6.45, 7) is 6.33. The molecule has 1 fully saturated rings. The van der Waals surface area contributed by atoms with Gasteiger partial charge in [0.25, 0.3) is 0 Å². The first kappa shape index (κ1) is 13.9. The number of halogens is 1. The molecule has 0 unspecified atom stereocenters. The van der Waals surface area contributed by atoms with Crippen molar-refractivity contribution in [2.24, 2.45) is 0 Å². The Morgan fingerprint density at radius 3 is 2.33 bits per heavy atom. The Bertz CT molecular complexity index is 401. The molecule has 0 spiro atoms. The second kappa shape index (κ2) is 5.60. The third kappa shape index (κ3) is 2.42. The van der Waals surface area contributed by atoms with Gasteiger partial charge in [-0.05, 0) is 25.3 Å². The number of ether oxygens (including phenoxy) is 2. The highest BCUT2D eigenvalue weighted by Crippen LogP contribution is 2.44. The zero-order valence-electron chi connectivity index (χ0n) is 11.3. The van der Waals surface area contributed by atoms with Gasteiger partial charge in [-0.25, -0.2) is 0 Å². The van der Waals surface area contributed by atoms with E-state index < -0.39 is 5.79 Å². The minimum Gasteiger partial charge on any atom is -0.344 e. The number of benzene rings is 1. The molecule has 0 amide bonds. The van der Waals surface area contributed by atoms with Crippen molar-refractivity contribution in [2.45, 2.75) is 58.0 Å². The zero-order valence-corrected chi connectivity index (χ0v) is 12.0. The van der Waals surface area contributed by atoms with Crippen LogP contribution in [-0.4, -0.2) is 11.9 Å². The maximum absolute atomic E-state index is 6.27. The molecule has 0 radical (unpaired) electrons. The average molecular weight is 269 g/mol. The van der Waals surface area contributed by atoms with Crippen LogP contribution in [0.5, 0.6) is 0 Å². The lowest BCUT2D eigenvalue weighted by Crippen LogP contribution is -2.28. The Morgan fingerprint density at radius 1 is 1.11 bits per heavy atom. The molecule has 2 nitrogen and oxygen atoms in total. The van der Waals surface area contributed by atoms with Gasteiger partial charge >= 0.3 is 0 Å². The van der Waals surface area contributed by atoms with Crippen molar-refractivity contribution in [3.8, 4) is 0 Å². The molecule has 0 N–H and O–H groups in total. The first-order valence-corrected chi connectivity index (χ1v) is 7.13. The van der Waals surface area contributed by atoms with E-state index in [1.807, 2.05) is 24.3 Å². The van der Waals surface area contributed by atoms with Gasteiger partial charge in [0.1, 0.15) is 6.10 Å². The van der Waals surface area contributed by atoms with Crippen molar-refractivity contribution >= 4 is 11.6 Å². The lowest BCUT2D eigenvalue weighted by Gasteiger charge is -2.25. The van der Waals surface area contributed by atoms with E-state index in [1.54, 1.807) is 0 Å². The molecule has 0 saturated carbocycles. The second-order valence-electron chi connectivity index (χ2n) is 4.74. The standard InChI is InChI=1S/C15H21ClO2/c1-4-13-14(11-9-7-8-10-12(11)16)18-15(5-2,6-3)17-13/h7-10,13-14H,4-6H2,1-3H3/t13-,14-/m0/s1. The topological polar surface area (TPSA) is 18.5 Å². The van der Waals surface area contributed by atoms with Gasteiger partial charge in [-0.1, -0.05) is 50.6 Å². The normalized spacial score (nSPS) is 26.4. The highest BCUT2D eigenvalue weighted by atomic mass is 35.5. The van der Waals surface area contributed by atoms with Crippen LogP contribution in [0.25, 0.3) is 0 Å². The quantitative estimate of drug-likeness (QED) is 0.786. The summed E-state index contributed by atoms with van der Waals surface area (Å²) in [7, 11) is 0. The zero-order chi connectivity index (χ0) is 13.2. The summed E-state index contributed by atoms with van der Waals surface area (Å²) in [6.07, 6.45) is 2.69. The van der Waals surface area contributed by atoms with Crippen molar-refractivity contribution in [2.75, 3.05) is 0 Å². The van der Waals surface area contributed by atoms with Crippen LogP contribution in [0, 0.1) is 0 Å². The van der Waals surface area contributed by atoms with E-state index in [1.165, 1.54) is 0 Å². The van der Waals surface area contributed by atoms with Crippen LogP contribution in [-0.2, 0) is 9.47 Å². The summed E-state index contributed by atoms with van der Waals surface area (Å²) in [5.41, 5.74) is 1.04. The van der Waals surface area contributed by atoms with Crippen LogP contribution < -0.4 is 0 Å². The van der Waals surface area contributed by atoms with Crippen LogP contribution in [0.15, 0.2) is 24.3 Å². The highest BCUT2D eigenvalue weighted by Gasteiger charge is 2.45. The Morgan fingerprint density at radius 2 is 1.78 bits per heavy atom. The Hall–Kier alpha value is -0.570. The largest absolute Gasteiger partial charge is 0.344 e. The van der Waals surface area contributed by atoms with Gasteiger partial charge in [0.15, 0.2) is 5.79 Å². The molecular formula is C15H21ClO2. The van der Waals surface area contributed by atoms with E-state index in [0.717, 1.165) is 29.8 Å². The third-order valence-corrected chi connectivity index (χ3v) is 4.08. The second-order valence-corrected chi connectivity index (χ2v) is 5.15. The van der Waals surface area contributed by atoms with E-state index >= 15 is 0 Å². The summed E-state index contributed by atoms with van der Waals surface area (Å²) in [6, 6.07) is 7.87. The predicted octanol–water partition coefficient (Wildman–Crippen LogP) is 4.72. The summed E-state index contributed by atoms with van der Waals surface area (Å²) < 4.78 is 12.3. The van der Waals surface area contributed by atoms with Crippen molar-refractivity contribution in [3.63, 3.8) is 0 Å². The fourth-order valence-corrected chi connectivity index (χ4v) is 2.77. The van der Waals surface area contributed by atoms with Gasteiger partial charge in [-0.2, -0.15) is 0 Å². The maximum atomic E-state index is 6.27. The average Bonchev–Trinajstić information content (AvgIpc) is 2.79. The number of rotatable bonds is 4. The molecule has 1 heterocycles. The van der Waals surface area contributed by atoms with Crippen LogP contribution in [0.1, 0.15) is 51.7 Å². The van der Waals surface area contributed by atoms with Gasteiger partial charge in [0, 0.05) is 10.6 Å². The molecule has 1 aliphatic heterocycles. The van der Waals surface area contributed by atoms with Gasteiger partial charge in [-0.15, -0.1) is 0 Å². The third-order valence-electron chi connectivity index (χ3n) is 3.74. The highest BCUT2D eigenvalue weighted by molar-refractivity contribution is 6.31. The molecule has 2 atom stereocenters. The maximum Gasteiger partial charge on any atom is 0.169 e. The Kier molecular flexibility index (Phi) is 4.31. The molecule has 1 aliphatic rings. The summed E-state index contributed by atoms with van der Waals surface area (Å²) in [4.78, 5) is 0. The van der Waals surface area contributed by atoms with Crippen molar-refractivity contribution in [1.82, 2.24) is 0 Å². The van der Waals surface area contributed by atoms with Crippen molar-refractivity contribution in [3.05, 3.63) is 34.9 Å². The molecule has 0 bridgehead atoms. The Balaban J connectivity index is 2.30. The van der Waals surface area contributed by atoms with Gasteiger partial charge < -0.3 is 9.47 Å². The first-order chi connectivity index (χ1) is 8.65. The molecule has 2 rings (SSSR count). The smallest absolute Gasteiger partial charge is 0.169 e. The van der Waals surface area contributed by atoms with Gasteiger partial charge in [0.05, 0.1) is 6.10 Å². The van der Waals surface area contributed by atoms with Crippen molar-refractivity contribution in [1.29, 1.82) is 0 Å². The van der Waals surface area contributed by atoms with Crippen LogP contribution in [0.2, 0.25) is 5.02 Å². The monoisotopic (exact) mass is 268 g/mol. The first-order valence-electron chi connectivity index (χ1n) is 6.75. The lowest BCUT2D eigenvalue weighted by molar-refractivity contribution is -0.179. The van der Waals surface area contributed by atoms with Gasteiger partial charge in [0.2, 0.25) is 0 Å². The summed E-state index contributed by atoms with van der Waals surface area (Å²) in [5.74, 6) is -0.440. The van der Waals surface area contributed by atoms with E-state index in [-0.39, 0.29) is 12.2 Å². The fraction of sp³-hybridized carbons (Fsp3) is 0.600. The van der Waals surface area contributed by atoms with E-state index in [2.05, 4.69) is 20.8 Å². The number of hydrogen-bond donors (Lipinski definition) is 0. The molecule has 3 heteroatoms. The van der Waals surface area contributed by atoms with E-state index in [9.17, 15) is 0 Å². The molecule has 1 aromatic rings. The Labute approximate surface area is 114 Å². The van der Waals surface area contributed by atoms with E-state index in [0.29, 0.717) is 0 Å². The summed E-state index contributed by atoms with van der Waals surface area (Å²) >= 11 is 6.27. The molecule has 18 heavy (non-hydrogen) atoms. The van der Waals surface area contributed by atoms with Gasteiger partial charge in [-0.3, -0.25) is 0 Å².